The lowest BCUT2D eigenvalue weighted by Gasteiger charge is -2.07. The third-order valence-corrected chi connectivity index (χ3v) is 3.27. The molecule has 2 aromatic rings. The van der Waals surface area contributed by atoms with Crippen LogP contribution in [0.5, 0.6) is 5.75 Å². The summed E-state index contributed by atoms with van der Waals surface area (Å²) in [6, 6.07) is 9.29. The van der Waals surface area contributed by atoms with Crippen molar-refractivity contribution < 1.29 is 9.84 Å². The van der Waals surface area contributed by atoms with Gasteiger partial charge in [0, 0.05) is 4.88 Å². The largest absolute Gasteiger partial charge is 0.487 e. The zero-order chi connectivity index (χ0) is 11.4. The van der Waals surface area contributed by atoms with Crippen LogP contribution in [-0.2, 0) is 13.2 Å². The minimum Gasteiger partial charge on any atom is -0.487 e. The molecule has 0 unspecified atom stereocenters. The Morgan fingerprint density at radius 1 is 1.31 bits per heavy atom. The lowest BCUT2D eigenvalue weighted by molar-refractivity contribution is 0.281. The van der Waals surface area contributed by atoms with Gasteiger partial charge in [0.1, 0.15) is 12.4 Å². The van der Waals surface area contributed by atoms with E-state index in [1.165, 1.54) is 0 Å². The van der Waals surface area contributed by atoms with Gasteiger partial charge in [0.15, 0.2) is 0 Å². The van der Waals surface area contributed by atoms with Crippen molar-refractivity contribution in [1.29, 1.82) is 0 Å². The number of aliphatic hydroxyl groups excluding tert-OH is 1. The first kappa shape index (κ1) is 11.5. The van der Waals surface area contributed by atoms with Crippen LogP contribution in [0.1, 0.15) is 10.4 Å². The van der Waals surface area contributed by atoms with Crippen LogP contribution in [0.4, 0.5) is 0 Å². The number of halogens is 1. The molecule has 0 aliphatic heterocycles. The maximum absolute atomic E-state index is 8.94. The van der Waals surface area contributed by atoms with E-state index in [4.69, 9.17) is 21.4 Å². The van der Waals surface area contributed by atoms with E-state index in [0.29, 0.717) is 17.4 Å². The highest BCUT2D eigenvalue weighted by Crippen LogP contribution is 2.26. The Kier molecular flexibility index (Phi) is 3.83. The molecule has 4 heteroatoms. The number of hydrogen-bond donors (Lipinski definition) is 1. The van der Waals surface area contributed by atoms with Crippen molar-refractivity contribution in [2.24, 2.45) is 0 Å². The second-order valence-electron chi connectivity index (χ2n) is 3.29. The van der Waals surface area contributed by atoms with E-state index in [2.05, 4.69) is 0 Å². The van der Waals surface area contributed by atoms with Crippen LogP contribution in [0, 0.1) is 0 Å². The predicted octanol–water partition coefficient (Wildman–Crippen LogP) is 3.47. The Hall–Kier alpha value is -1.03. The van der Waals surface area contributed by atoms with E-state index in [9.17, 15) is 0 Å². The summed E-state index contributed by atoms with van der Waals surface area (Å²) in [6.45, 7) is 0.515. The van der Waals surface area contributed by atoms with Gasteiger partial charge < -0.3 is 9.84 Å². The Morgan fingerprint density at radius 2 is 2.19 bits per heavy atom. The van der Waals surface area contributed by atoms with Crippen molar-refractivity contribution >= 4 is 22.9 Å². The lowest BCUT2D eigenvalue weighted by Crippen LogP contribution is -1.94. The predicted molar refractivity (Wildman–Crippen MR) is 66.0 cm³/mol. The zero-order valence-corrected chi connectivity index (χ0v) is 10.1. The topological polar surface area (TPSA) is 29.5 Å². The Labute approximate surface area is 103 Å². The summed E-state index contributed by atoms with van der Waals surface area (Å²) in [7, 11) is 0. The molecule has 0 aliphatic carbocycles. The van der Waals surface area contributed by atoms with Gasteiger partial charge in [0.05, 0.1) is 11.6 Å². The molecule has 1 aromatic carbocycles. The third-order valence-electron chi connectivity index (χ3n) is 2.13. The standard InChI is InChI=1S/C12H11ClO2S/c13-11-6-9(7-14)3-4-12(11)15-8-10-2-1-5-16-10/h1-6,14H,7-8H2. The second kappa shape index (κ2) is 5.34. The summed E-state index contributed by atoms with van der Waals surface area (Å²) < 4.78 is 5.58. The molecule has 0 saturated heterocycles. The Morgan fingerprint density at radius 3 is 2.81 bits per heavy atom. The summed E-state index contributed by atoms with van der Waals surface area (Å²) in [4.78, 5) is 1.15. The van der Waals surface area contributed by atoms with E-state index in [-0.39, 0.29) is 6.61 Å². The molecular formula is C12H11ClO2S. The zero-order valence-electron chi connectivity index (χ0n) is 8.52. The van der Waals surface area contributed by atoms with Crippen LogP contribution in [0.25, 0.3) is 0 Å². The van der Waals surface area contributed by atoms with E-state index in [0.717, 1.165) is 10.4 Å². The van der Waals surface area contributed by atoms with Gasteiger partial charge in [-0.05, 0) is 29.1 Å². The van der Waals surface area contributed by atoms with Crippen molar-refractivity contribution in [3.05, 3.63) is 51.2 Å². The highest BCUT2D eigenvalue weighted by atomic mass is 35.5. The molecule has 0 atom stereocenters. The first-order valence-electron chi connectivity index (χ1n) is 4.84. The molecule has 1 N–H and O–H groups in total. The average molecular weight is 255 g/mol. The maximum Gasteiger partial charge on any atom is 0.138 e. The van der Waals surface area contributed by atoms with Crippen LogP contribution in [0.15, 0.2) is 35.7 Å². The highest BCUT2D eigenvalue weighted by molar-refractivity contribution is 7.09. The molecular weight excluding hydrogens is 244 g/mol. The summed E-state index contributed by atoms with van der Waals surface area (Å²) in [5, 5.41) is 11.5. The number of rotatable bonds is 4. The second-order valence-corrected chi connectivity index (χ2v) is 4.73. The Balaban J connectivity index is 2.04. The fourth-order valence-electron chi connectivity index (χ4n) is 1.30. The van der Waals surface area contributed by atoms with Gasteiger partial charge >= 0.3 is 0 Å². The molecule has 0 saturated carbocycles. The fourth-order valence-corrected chi connectivity index (χ4v) is 2.18. The molecule has 0 aliphatic rings. The van der Waals surface area contributed by atoms with Crippen LogP contribution >= 0.6 is 22.9 Å². The molecule has 0 radical (unpaired) electrons. The fraction of sp³-hybridized carbons (Fsp3) is 0.167. The third kappa shape index (κ3) is 2.76. The number of ether oxygens (including phenoxy) is 1. The molecule has 2 nitrogen and oxygen atoms in total. The van der Waals surface area contributed by atoms with Crippen LogP contribution in [0.3, 0.4) is 0 Å². The van der Waals surface area contributed by atoms with Gasteiger partial charge in [-0.25, -0.2) is 0 Å². The Bertz CT molecular complexity index is 454. The van der Waals surface area contributed by atoms with Crippen LogP contribution in [-0.4, -0.2) is 5.11 Å². The van der Waals surface area contributed by atoms with Crippen molar-refractivity contribution in [3.63, 3.8) is 0 Å². The monoisotopic (exact) mass is 254 g/mol. The summed E-state index contributed by atoms with van der Waals surface area (Å²) in [5.74, 6) is 0.646. The lowest BCUT2D eigenvalue weighted by atomic mass is 10.2. The molecule has 1 aromatic heterocycles. The smallest absolute Gasteiger partial charge is 0.138 e. The van der Waals surface area contributed by atoms with Gasteiger partial charge in [-0.2, -0.15) is 0 Å². The molecule has 16 heavy (non-hydrogen) atoms. The first-order valence-corrected chi connectivity index (χ1v) is 6.10. The van der Waals surface area contributed by atoms with Gasteiger partial charge in [0.2, 0.25) is 0 Å². The summed E-state index contributed by atoms with van der Waals surface area (Å²) in [6.07, 6.45) is 0. The molecule has 0 bridgehead atoms. The normalized spacial score (nSPS) is 10.4. The SMILES string of the molecule is OCc1ccc(OCc2cccs2)c(Cl)c1. The highest BCUT2D eigenvalue weighted by Gasteiger charge is 2.03. The molecule has 0 amide bonds. The molecule has 84 valence electrons. The van der Waals surface area contributed by atoms with Gasteiger partial charge in [0.25, 0.3) is 0 Å². The van der Waals surface area contributed by atoms with E-state index < -0.39 is 0 Å². The van der Waals surface area contributed by atoms with Crippen LogP contribution in [0.2, 0.25) is 5.02 Å². The van der Waals surface area contributed by atoms with E-state index >= 15 is 0 Å². The summed E-state index contributed by atoms with van der Waals surface area (Å²) >= 11 is 7.66. The van der Waals surface area contributed by atoms with Crippen molar-refractivity contribution in [3.8, 4) is 5.75 Å². The number of aliphatic hydroxyl groups is 1. The summed E-state index contributed by atoms with van der Waals surface area (Å²) in [5.41, 5.74) is 0.786. The van der Waals surface area contributed by atoms with Crippen molar-refractivity contribution in [1.82, 2.24) is 0 Å². The number of thiophene rings is 1. The van der Waals surface area contributed by atoms with Crippen molar-refractivity contribution in [2.45, 2.75) is 13.2 Å². The first-order chi connectivity index (χ1) is 7.79. The number of benzene rings is 1. The van der Waals surface area contributed by atoms with E-state index in [1.807, 2.05) is 17.5 Å². The molecule has 2 rings (SSSR count). The van der Waals surface area contributed by atoms with Gasteiger partial charge in [-0.1, -0.05) is 23.7 Å². The van der Waals surface area contributed by atoms with E-state index in [1.54, 1.807) is 29.5 Å². The molecule has 1 heterocycles. The average Bonchev–Trinajstić information content (AvgIpc) is 2.80. The maximum atomic E-state index is 8.94. The molecule has 0 spiro atoms. The number of hydrogen-bond acceptors (Lipinski definition) is 3. The minimum absolute atomic E-state index is 0.00900. The van der Waals surface area contributed by atoms with Gasteiger partial charge in [-0.15, -0.1) is 11.3 Å². The van der Waals surface area contributed by atoms with Crippen molar-refractivity contribution in [2.75, 3.05) is 0 Å². The van der Waals surface area contributed by atoms with Gasteiger partial charge in [-0.3, -0.25) is 0 Å². The molecule has 0 fully saturated rings. The van der Waals surface area contributed by atoms with Crippen LogP contribution < -0.4 is 4.74 Å². The minimum atomic E-state index is -0.00900. The quantitative estimate of drug-likeness (QED) is 0.905.